The van der Waals surface area contributed by atoms with Crippen molar-refractivity contribution in [2.24, 2.45) is 5.10 Å². The van der Waals surface area contributed by atoms with Crippen molar-refractivity contribution in [3.63, 3.8) is 0 Å². The first-order valence-electron chi connectivity index (χ1n) is 8.50. The predicted molar refractivity (Wildman–Crippen MR) is 98.2 cm³/mol. The molecule has 1 atom stereocenters. The first kappa shape index (κ1) is 16.4. The Labute approximate surface area is 143 Å². The number of hydrazone groups is 1. The van der Waals surface area contributed by atoms with Gasteiger partial charge in [0.2, 0.25) is 0 Å². The topological polar surface area (TPSA) is 34.1 Å². The lowest BCUT2D eigenvalue weighted by atomic mass is 10.0. The molecule has 0 spiro atoms. The summed E-state index contributed by atoms with van der Waals surface area (Å²) in [6.45, 7) is 7.29. The molecule has 0 fully saturated rings. The molecule has 1 aliphatic rings. The Bertz CT molecular complexity index is 713. The summed E-state index contributed by atoms with van der Waals surface area (Å²) in [5, 5.41) is 6.83. The van der Waals surface area contributed by atoms with Crippen LogP contribution in [0.5, 0.6) is 11.5 Å². The van der Waals surface area contributed by atoms with Gasteiger partial charge in [0.05, 0.1) is 24.9 Å². The van der Waals surface area contributed by atoms with E-state index in [-0.39, 0.29) is 6.04 Å². The average molecular weight is 324 g/mol. The van der Waals surface area contributed by atoms with Gasteiger partial charge in [0.1, 0.15) is 0 Å². The second-order valence-electron chi connectivity index (χ2n) is 5.81. The van der Waals surface area contributed by atoms with E-state index in [0.29, 0.717) is 13.2 Å². The van der Waals surface area contributed by atoms with Crippen LogP contribution in [-0.2, 0) is 0 Å². The van der Waals surface area contributed by atoms with E-state index in [9.17, 15) is 0 Å². The van der Waals surface area contributed by atoms with Crippen LogP contribution in [0.25, 0.3) is 0 Å². The van der Waals surface area contributed by atoms with E-state index < -0.39 is 0 Å². The van der Waals surface area contributed by atoms with Crippen molar-refractivity contribution < 1.29 is 9.47 Å². The van der Waals surface area contributed by atoms with Crippen molar-refractivity contribution in [3.8, 4) is 11.5 Å². The maximum absolute atomic E-state index is 5.78. The van der Waals surface area contributed by atoms with Crippen LogP contribution in [-0.4, -0.2) is 18.9 Å². The van der Waals surface area contributed by atoms with Crippen LogP contribution in [0.3, 0.4) is 0 Å². The zero-order valence-corrected chi connectivity index (χ0v) is 14.5. The van der Waals surface area contributed by atoms with Crippen LogP contribution in [0.15, 0.2) is 53.6 Å². The van der Waals surface area contributed by atoms with Crippen LogP contribution in [0.1, 0.15) is 38.8 Å². The molecule has 4 nitrogen and oxygen atoms in total. The zero-order valence-electron chi connectivity index (χ0n) is 14.5. The summed E-state index contributed by atoms with van der Waals surface area (Å²) in [6, 6.07) is 16.7. The van der Waals surface area contributed by atoms with Gasteiger partial charge in [-0.1, -0.05) is 24.3 Å². The Morgan fingerprint density at radius 3 is 2.42 bits per heavy atom. The summed E-state index contributed by atoms with van der Waals surface area (Å²) < 4.78 is 11.4. The fraction of sp³-hybridized carbons (Fsp3) is 0.350. The van der Waals surface area contributed by atoms with Gasteiger partial charge in [-0.25, -0.2) is 0 Å². The van der Waals surface area contributed by atoms with E-state index in [0.717, 1.165) is 29.3 Å². The smallest absolute Gasteiger partial charge is 0.161 e. The van der Waals surface area contributed by atoms with Gasteiger partial charge < -0.3 is 9.47 Å². The van der Waals surface area contributed by atoms with Gasteiger partial charge in [0.15, 0.2) is 11.5 Å². The number of ether oxygens (including phenoxy) is 2. The maximum atomic E-state index is 5.78. The summed E-state index contributed by atoms with van der Waals surface area (Å²) in [7, 11) is 0. The molecule has 0 saturated carbocycles. The standard InChI is InChI=1S/C20H24N2O2/c1-4-23-19-12-11-16(14-20(19)24-5-2)18-13-15(3)21-22(18)17-9-7-6-8-10-17/h6-12,14,18H,4-5,13H2,1-3H3. The molecule has 126 valence electrons. The van der Waals surface area contributed by atoms with Gasteiger partial charge in [-0.2, -0.15) is 5.10 Å². The van der Waals surface area contributed by atoms with Gasteiger partial charge in [-0.15, -0.1) is 0 Å². The number of para-hydroxylation sites is 1. The van der Waals surface area contributed by atoms with E-state index in [1.165, 1.54) is 5.56 Å². The second-order valence-corrected chi connectivity index (χ2v) is 5.81. The number of rotatable bonds is 6. The number of nitrogens with zero attached hydrogens (tertiary/aromatic N) is 2. The molecular weight excluding hydrogens is 300 g/mol. The van der Waals surface area contributed by atoms with E-state index in [1.54, 1.807) is 0 Å². The first-order chi connectivity index (χ1) is 11.7. The summed E-state index contributed by atoms with van der Waals surface area (Å²) in [5.74, 6) is 1.60. The Hall–Kier alpha value is -2.49. The second kappa shape index (κ2) is 7.39. The molecule has 0 amide bonds. The summed E-state index contributed by atoms with van der Waals surface area (Å²) >= 11 is 0. The fourth-order valence-corrected chi connectivity index (χ4v) is 3.01. The fourth-order valence-electron chi connectivity index (χ4n) is 3.01. The molecule has 2 aromatic rings. The minimum absolute atomic E-state index is 0.183. The first-order valence-corrected chi connectivity index (χ1v) is 8.50. The molecule has 0 saturated heterocycles. The molecule has 0 aliphatic carbocycles. The Morgan fingerprint density at radius 2 is 1.71 bits per heavy atom. The monoisotopic (exact) mass is 324 g/mol. The minimum Gasteiger partial charge on any atom is -0.490 e. The predicted octanol–water partition coefficient (Wildman–Crippen LogP) is 4.81. The number of benzene rings is 2. The van der Waals surface area contributed by atoms with E-state index in [1.807, 2.05) is 38.1 Å². The van der Waals surface area contributed by atoms with Crippen molar-refractivity contribution in [3.05, 3.63) is 54.1 Å². The summed E-state index contributed by atoms with van der Waals surface area (Å²) in [4.78, 5) is 0. The molecule has 1 unspecified atom stereocenters. The highest BCUT2D eigenvalue weighted by molar-refractivity contribution is 5.86. The molecule has 0 N–H and O–H groups in total. The normalized spacial score (nSPS) is 16.9. The third-order valence-corrected chi connectivity index (χ3v) is 4.04. The van der Waals surface area contributed by atoms with Crippen molar-refractivity contribution in [2.45, 2.75) is 33.2 Å². The minimum atomic E-state index is 0.183. The highest BCUT2D eigenvalue weighted by Gasteiger charge is 2.28. The molecule has 4 heteroatoms. The molecular formula is C20H24N2O2. The third-order valence-electron chi connectivity index (χ3n) is 4.04. The quantitative estimate of drug-likeness (QED) is 0.764. The molecule has 1 aliphatic heterocycles. The molecule has 1 heterocycles. The summed E-state index contributed by atoms with van der Waals surface area (Å²) in [6.07, 6.45) is 0.911. The molecule has 3 rings (SSSR count). The molecule has 2 aromatic carbocycles. The van der Waals surface area contributed by atoms with E-state index in [2.05, 4.69) is 36.2 Å². The molecule has 0 radical (unpaired) electrons. The van der Waals surface area contributed by atoms with Crippen LogP contribution < -0.4 is 14.5 Å². The Morgan fingerprint density at radius 1 is 1.00 bits per heavy atom. The van der Waals surface area contributed by atoms with Crippen molar-refractivity contribution in [2.75, 3.05) is 18.2 Å². The average Bonchev–Trinajstić information content (AvgIpc) is 2.99. The molecule has 0 aromatic heterocycles. The van der Waals surface area contributed by atoms with Crippen molar-refractivity contribution in [1.82, 2.24) is 0 Å². The summed E-state index contributed by atoms with van der Waals surface area (Å²) in [5.41, 5.74) is 3.42. The van der Waals surface area contributed by atoms with Crippen LogP contribution >= 0.6 is 0 Å². The largest absolute Gasteiger partial charge is 0.490 e. The van der Waals surface area contributed by atoms with Gasteiger partial charge in [-0.3, -0.25) is 5.01 Å². The Kier molecular flexibility index (Phi) is 5.04. The third kappa shape index (κ3) is 3.37. The van der Waals surface area contributed by atoms with Gasteiger partial charge in [0, 0.05) is 12.1 Å². The van der Waals surface area contributed by atoms with Crippen molar-refractivity contribution in [1.29, 1.82) is 0 Å². The van der Waals surface area contributed by atoms with Crippen LogP contribution in [0.2, 0.25) is 0 Å². The lowest BCUT2D eigenvalue weighted by Crippen LogP contribution is -2.18. The lowest BCUT2D eigenvalue weighted by Gasteiger charge is -2.25. The van der Waals surface area contributed by atoms with Crippen molar-refractivity contribution >= 4 is 11.4 Å². The number of anilines is 1. The number of hydrogen-bond acceptors (Lipinski definition) is 4. The van der Waals surface area contributed by atoms with Gasteiger partial charge in [0.25, 0.3) is 0 Å². The zero-order chi connectivity index (χ0) is 16.9. The molecule has 24 heavy (non-hydrogen) atoms. The highest BCUT2D eigenvalue weighted by Crippen LogP contribution is 2.38. The SMILES string of the molecule is CCOc1ccc(C2CC(C)=NN2c2ccccc2)cc1OCC. The van der Waals surface area contributed by atoms with Crippen LogP contribution in [0, 0.1) is 0 Å². The number of hydrogen-bond donors (Lipinski definition) is 0. The van der Waals surface area contributed by atoms with E-state index >= 15 is 0 Å². The highest BCUT2D eigenvalue weighted by atomic mass is 16.5. The molecule has 0 bridgehead atoms. The Balaban J connectivity index is 1.94. The lowest BCUT2D eigenvalue weighted by molar-refractivity contribution is 0.287. The van der Waals surface area contributed by atoms with E-state index in [4.69, 9.17) is 14.6 Å². The van der Waals surface area contributed by atoms with Crippen LogP contribution in [0.4, 0.5) is 5.69 Å². The van der Waals surface area contributed by atoms with Gasteiger partial charge >= 0.3 is 0 Å². The maximum Gasteiger partial charge on any atom is 0.161 e. The van der Waals surface area contributed by atoms with Gasteiger partial charge in [-0.05, 0) is 50.6 Å².